The van der Waals surface area contributed by atoms with Gasteiger partial charge in [-0.1, -0.05) is 31.7 Å². The summed E-state index contributed by atoms with van der Waals surface area (Å²) in [4.78, 5) is 11.1. The Balaban J connectivity index is 3.44. The third-order valence-corrected chi connectivity index (χ3v) is 3.22. The van der Waals surface area contributed by atoms with Crippen LogP contribution in [0.3, 0.4) is 0 Å². The lowest BCUT2D eigenvalue weighted by molar-refractivity contribution is -0.107. The third kappa shape index (κ3) is 7.20. The Morgan fingerprint density at radius 1 is 1.54 bits per heavy atom. The van der Waals surface area contributed by atoms with Crippen molar-refractivity contribution in [2.75, 3.05) is 5.75 Å². The molecule has 0 aliphatic rings. The molecular formula is C10H18OS2. The molecule has 0 spiro atoms. The van der Waals surface area contributed by atoms with E-state index in [0.29, 0.717) is 10.8 Å². The first-order valence-electron chi connectivity index (χ1n) is 4.58. The zero-order valence-electron chi connectivity index (χ0n) is 8.38. The SMILES string of the molecule is C=C(C)C(=O)SCCC(S)CCC. The Hall–Kier alpha value is 0.110. The zero-order chi connectivity index (χ0) is 10.3. The van der Waals surface area contributed by atoms with E-state index in [2.05, 4.69) is 26.1 Å². The van der Waals surface area contributed by atoms with Crippen molar-refractivity contribution in [3.63, 3.8) is 0 Å². The second-order valence-electron chi connectivity index (χ2n) is 3.15. The molecule has 1 atom stereocenters. The monoisotopic (exact) mass is 218 g/mol. The van der Waals surface area contributed by atoms with Gasteiger partial charge in [0.1, 0.15) is 0 Å². The lowest BCUT2D eigenvalue weighted by Crippen LogP contribution is -2.02. The first-order valence-corrected chi connectivity index (χ1v) is 6.08. The van der Waals surface area contributed by atoms with E-state index in [9.17, 15) is 4.79 Å². The fourth-order valence-corrected chi connectivity index (χ4v) is 2.28. The Bertz CT molecular complexity index is 178. The summed E-state index contributed by atoms with van der Waals surface area (Å²) >= 11 is 5.77. The predicted octanol–water partition coefficient (Wildman–Crippen LogP) is 3.31. The molecule has 0 N–H and O–H groups in total. The second-order valence-corrected chi connectivity index (χ2v) is 4.95. The van der Waals surface area contributed by atoms with Crippen LogP contribution < -0.4 is 0 Å². The van der Waals surface area contributed by atoms with Crippen molar-refractivity contribution in [2.24, 2.45) is 0 Å². The van der Waals surface area contributed by atoms with Crippen molar-refractivity contribution in [2.45, 2.75) is 38.4 Å². The number of carbonyl (C=O) groups excluding carboxylic acids is 1. The minimum atomic E-state index is 0.108. The average molecular weight is 218 g/mol. The number of thioether (sulfide) groups is 1. The molecule has 0 rings (SSSR count). The largest absolute Gasteiger partial charge is 0.282 e. The van der Waals surface area contributed by atoms with Gasteiger partial charge in [-0.3, -0.25) is 4.79 Å². The lowest BCUT2D eigenvalue weighted by Gasteiger charge is -2.07. The minimum absolute atomic E-state index is 0.108. The normalized spacial score (nSPS) is 12.5. The molecule has 0 aromatic heterocycles. The number of hydrogen-bond acceptors (Lipinski definition) is 3. The summed E-state index contributed by atoms with van der Waals surface area (Å²) in [5.41, 5.74) is 0.635. The van der Waals surface area contributed by atoms with Gasteiger partial charge in [0.05, 0.1) is 0 Å². The maximum Gasteiger partial charge on any atom is 0.214 e. The fraction of sp³-hybridized carbons (Fsp3) is 0.700. The molecule has 0 aliphatic carbocycles. The Labute approximate surface area is 90.8 Å². The van der Waals surface area contributed by atoms with Crippen LogP contribution in [-0.4, -0.2) is 16.1 Å². The predicted molar refractivity (Wildman–Crippen MR) is 64.6 cm³/mol. The van der Waals surface area contributed by atoms with Gasteiger partial charge in [-0.25, -0.2) is 0 Å². The molecule has 3 heteroatoms. The van der Waals surface area contributed by atoms with Gasteiger partial charge < -0.3 is 0 Å². The van der Waals surface area contributed by atoms with E-state index in [1.807, 2.05) is 0 Å². The summed E-state index contributed by atoms with van der Waals surface area (Å²) in [7, 11) is 0. The highest BCUT2D eigenvalue weighted by Crippen LogP contribution is 2.15. The van der Waals surface area contributed by atoms with Gasteiger partial charge in [-0.15, -0.1) is 0 Å². The van der Waals surface area contributed by atoms with Gasteiger partial charge in [0, 0.05) is 11.0 Å². The van der Waals surface area contributed by atoms with E-state index in [0.717, 1.165) is 25.0 Å². The van der Waals surface area contributed by atoms with Crippen LogP contribution in [0.2, 0.25) is 0 Å². The quantitative estimate of drug-likeness (QED) is 0.544. The van der Waals surface area contributed by atoms with Crippen LogP contribution in [0, 0.1) is 0 Å². The minimum Gasteiger partial charge on any atom is -0.282 e. The van der Waals surface area contributed by atoms with Crippen molar-refractivity contribution >= 4 is 29.5 Å². The molecule has 0 radical (unpaired) electrons. The van der Waals surface area contributed by atoms with Gasteiger partial charge in [0.25, 0.3) is 0 Å². The molecule has 0 heterocycles. The topological polar surface area (TPSA) is 17.1 Å². The molecule has 0 amide bonds. The Morgan fingerprint density at radius 2 is 2.15 bits per heavy atom. The second kappa shape index (κ2) is 7.51. The van der Waals surface area contributed by atoms with Crippen LogP contribution in [0.5, 0.6) is 0 Å². The third-order valence-electron chi connectivity index (χ3n) is 1.65. The number of hydrogen-bond donors (Lipinski definition) is 1. The summed E-state index contributed by atoms with van der Waals surface area (Å²) in [6.07, 6.45) is 3.29. The number of carbonyl (C=O) groups is 1. The van der Waals surface area contributed by atoms with Crippen LogP contribution in [-0.2, 0) is 4.79 Å². The Morgan fingerprint density at radius 3 is 2.62 bits per heavy atom. The summed E-state index contributed by atoms with van der Waals surface area (Å²) in [6, 6.07) is 0. The van der Waals surface area contributed by atoms with Gasteiger partial charge in [-0.2, -0.15) is 12.6 Å². The molecule has 1 unspecified atom stereocenters. The molecule has 0 saturated carbocycles. The molecule has 0 fully saturated rings. The highest BCUT2D eigenvalue weighted by molar-refractivity contribution is 8.14. The molecule has 13 heavy (non-hydrogen) atoms. The summed E-state index contributed by atoms with van der Waals surface area (Å²) < 4.78 is 0. The van der Waals surface area contributed by atoms with Crippen LogP contribution in [0.4, 0.5) is 0 Å². The van der Waals surface area contributed by atoms with E-state index in [4.69, 9.17) is 0 Å². The Kier molecular flexibility index (Phi) is 7.57. The van der Waals surface area contributed by atoms with E-state index >= 15 is 0 Å². The lowest BCUT2D eigenvalue weighted by atomic mass is 10.2. The summed E-state index contributed by atoms with van der Waals surface area (Å²) in [5.74, 6) is 0.861. The van der Waals surface area contributed by atoms with E-state index in [1.165, 1.54) is 11.8 Å². The molecule has 0 aromatic carbocycles. The molecule has 0 bridgehead atoms. The number of rotatable bonds is 6. The van der Waals surface area contributed by atoms with E-state index in [1.54, 1.807) is 6.92 Å². The van der Waals surface area contributed by atoms with Gasteiger partial charge in [0.15, 0.2) is 0 Å². The zero-order valence-corrected chi connectivity index (χ0v) is 10.1. The molecule has 76 valence electrons. The molecule has 0 aliphatic heterocycles. The highest BCUT2D eigenvalue weighted by Gasteiger charge is 2.05. The number of thiol groups is 1. The van der Waals surface area contributed by atoms with Gasteiger partial charge in [-0.05, 0) is 25.3 Å². The molecular weight excluding hydrogens is 200 g/mol. The van der Waals surface area contributed by atoms with Crippen molar-refractivity contribution in [3.05, 3.63) is 12.2 Å². The van der Waals surface area contributed by atoms with Crippen molar-refractivity contribution < 1.29 is 4.79 Å². The molecule has 0 aromatic rings. The maximum atomic E-state index is 11.1. The van der Waals surface area contributed by atoms with Crippen LogP contribution in [0.25, 0.3) is 0 Å². The maximum absolute atomic E-state index is 11.1. The van der Waals surface area contributed by atoms with Crippen molar-refractivity contribution in [1.82, 2.24) is 0 Å². The van der Waals surface area contributed by atoms with Crippen LogP contribution in [0.15, 0.2) is 12.2 Å². The first-order chi connectivity index (χ1) is 6.07. The molecule has 1 nitrogen and oxygen atoms in total. The molecule has 0 saturated heterocycles. The van der Waals surface area contributed by atoms with Gasteiger partial charge in [0.2, 0.25) is 5.12 Å². The van der Waals surface area contributed by atoms with E-state index < -0.39 is 0 Å². The highest BCUT2D eigenvalue weighted by atomic mass is 32.2. The summed E-state index contributed by atoms with van der Waals surface area (Å²) in [6.45, 7) is 7.50. The van der Waals surface area contributed by atoms with Crippen molar-refractivity contribution in [1.29, 1.82) is 0 Å². The fourth-order valence-electron chi connectivity index (χ4n) is 0.888. The first kappa shape index (κ1) is 13.1. The summed E-state index contributed by atoms with van der Waals surface area (Å²) in [5, 5.41) is 0.549. The van der Waals surface area contributed by atoms with Crippen molar-refractivity contribution in [3.8, 4) is 0 Å². The van der Waals surface area contributed by atoms with Crippen LogP contribution in [0.1, 0.15) is 33.1 Å². The van der Waals surface area contributed by atoms with Gasteiger partial charge >= 0.3 is 0 Å². The standard InChI is InChI=1S/C10H18OS2/c1-4-5-9(12)6-7-13-10(11)8(2)3/h9,12H,2,4-7H2,1,3H3. The van der Waals surface area contributed by atoms with E-state index in [-0.39, 0.29) is 5.12 Å². The van der Waals surface area contributed by atoms with Crippen LogP contribution >= 0.6 is 24.4 Å². The average Bonchev–Trinajstić information content (AvgIpc) is 2.04. The smallest absolute Gasteiger partial charge is 0.214 e.